The summed E-state index contributed by atoms with van der Waals surface area (Å²) in [6.45, 7) is 9.04. The number of rotatable bonds is 50. The fraction of sp³-hybridized carbons (Fsp3) is 0.945. The third kappa shape index (κ3) is 49.3. The third-order valence-corrected chi connectivity index (χ3v) is 12.5. The van der Waals surface area contributed by atoms with Crippen molar-refractivity contribution in [3.8, 4) is 0 Å². The molecule has 0 saturated heterocycles. The zero-order valence-electron chi connectivity index (χ0n) is 41.6. The Kier molecular flexibility index (Phi) is 48.1. The SMILES string of the molecule is CCCCCCCCCCCCCCCCCCC(=O)O[C@H](COC(=O)CCCCCCCCCCCCC)COC(=O)CCCCCCCCCCCCCCCC(C)C. The predicted octanol–water partition coefficient (Wildman–Crippen LogP) is 17.8. The molecular weight excluding hydrogens is 757 g/mol. The second kappa shape index (κ2) is 49.4. The van der Waals surface area contributed by atoms with Gasteiger partial charge in [-0.05, 0) is 25.2 Å². The Morgan fingerprint density at radius 3 is 0.803 bits per heavy atom. The molecule has 0 bridgehead atoms. The monoisotopic (exact) mass is 863 g/mol. The van der Waals surface area contributed by atoms with Crippen LogP contribution in [0.4, 0.5) is 0 Å². The lowest BCUT2D eigenvalue weighted by Crippen LogP contribution is -2.30. The van der Waals surface area contributed by atoms with Gasteiger partial charge >= 0.3 is 17.9 Å². The van der Waals surface area contributed by atoms with Crippen molar-refractivity contribution >= 4 is 17.9 Å². The molecule has 0 aliphatic rings. The summed E-state index contributed by atoms with van der Waals surface area (Å²) in [5, 5.41) is 0. The molecule has 1 atom stereocenters. The van der Waals surface area contributed by atoms with Crippen molar-refractivity contribution < 1.29 is 28.6 Å². The summed E-state index contributed by atoms with van der Waals surface area (Å²) >= 11 is 0. The highest BCUT2D eigenvalue weighted by atomic mass is 16.6. The summed E-state index contributed by atoms with van der Waals surface area (Å²) in [6, 6.07) is 0. The van der Waals surface area contributed by atoms with Gasteiger partial charge in [0.25, 0.3) is 0 Å². The maximum absolute atomic E-state index is 12.8. The van der Waals surface area contributed by atoms with Crippen LogP contribution in [-0.4, -0.2) is 37.2 Å². The van der Waals surface area contributed by atoms with Gasteiger partial charge in [0, 0.05) is 19.3 Å². The van der Waals surface area contributed by atoms with E-state index in [1.807, 2.05) is 0 Å². The summed E-state index contributed by atoms with van der Waals surface area (Å²) in [4.78, 5) is 38.0. The molecule has 0 rings (SSSR count). The van der Waals surface area contributed by atoms with E-state index in [4.69, 9.17) is 14.2 Å². The number of ether oxygens (including phenoxy) is 3. The Bertz CT molecular complexity index is 918. The van der Waals surface area contributed by atoms with E-state index in [1.54, 1.807) is 0 Å². The molecule has 61 heavy (non-hydrogen) atoms. The third-order valence-electron chi connectivity index (χ3n) is 12.5. The van der Waals surface area contributed by atoms with E-state index in [1.165, 1.54) is 205 Å². The quantitative estimate of drug-likeness (QED) is 0.0344. The van der Waals surface area contributed by atoms with Gasteiger partial charge in [0.1, 0.15) is 13.2 Å². The number of hydrogen-bond donors (Lipinski definition) is 0. The molecule has 6 heteroatoms. The summed E-state index contributed by atoms with van der Waals surface area (Å²) in [5.41, 5.74) is 0. The minimum Gasteiger partial charge on any atom is -0.462 e. The van der Waals surface area contributed by atoms with Gasteiger partial charge in [-0.25, -0.2) is 0 Å². The van der Waals surface area contributed by atoms with Gasteiger partial charge in [-0.3, -0.25) is 14.4 Å². The summed E-state index contributed by atoms with van der Waals surface area (Å²) in [6.07, 6.45) is 52.3. The van der Waals surface area contributed by atoms with Crippen LogP contribution in [0.15, 0.2) is 0 Å². The number of carbonyl (C=O) groups is 3. The lowest BCUT2D eigenvalue weighted by molar-refractivity contribution is -0.167. The molecule has 362 valence electrons. The zero-order chi connectivity index (χ0) is 44.5. The van der Waals surface area contributed by atoms with Crippen LogP contribution >= 0.6 is 0 Å². The van der Waals surface area contributed by atoms with Crippen LogP contribution in [0.1, 0.15) is 310 Å². The molecule has 0 aliphatic heterocycles. The lowest BCUT2D eigenvalue weighted by Gasteiger charge is -2.18. The van der Waals surface area contributed by atoms with Crippen molar-refractivity contribution in [2.24, 2.45) is 5.92 Å². The summed E-state index contributed by atoms with van der Waals surface area (Å²) in [7, 11) is 0. The van der Waals surface area contributed by atoms with Crippen LogP contribution in [0.3, 0.4) is 0 Å². The van der Waals surface area contributed by atoms with Gasteiger partial charge in [0.05, 0.1) is 0 Å². The van der Waals surface area contributed by atoms with Gasteiger partial charge < -0.3 is 14.2 Å². The molecule has 6 nitrogen and oxygen atoms in total. The van der Waals surface area contributed by atoms with E-state index in [0.717, 1.165) is 63.7 Å². The second-order valence-electron chi connectivity index (χ2n) is 19.3. The molecule has 0 aliphatic carbocycles. The molecule has 0 saturated carbocycles. The average molecular weight is 863 g/mol. The van der Waals surface area contributed by atoms with Crippen molar-refractivity contribution in [1.82, 2.24) is 0 Å². The number of hydrogen-bond acceptors (Lipinski definition) is 6. The molecule has 0 spiro atoms. The van der Waals surface area contributed by atoms with Crippen molar-refractivity contribution in [1.29, 1.82) is 0 Å². The van der Waals surface area contributed by atoms with Crippen LogP contribution in [-0.2, 0) is 28.6 Å². The first kappa shape index (κ1) is 59.4. The van der Waals surface area contributed by atoms with Crippen molar-refractivity contribution in [2.45, 2.75) is 316 Å². The van der Waals surface area contributed by atoms with Gasteiger partial charge in [0.15, 0.2) is 6.10 Å². The average Bonchev–Trinajstić information content (AvgIpc) is 3.24. The first-order valence-electron chi connectivity index (χ1n) is 27.4. The van der Waals surface area contributed by atoms with Gasteiger partial charge in [-0.15, -0.1) is 0 Å². The molecule has 0 unspecified atom stereocenters. The van der Waals surface area contributed by atoms with Crippen molar-refractivity contribution in [3.05, 3.63) is 0 Å². The Balaban J connectivity index is 4.28. The fourth-order valence-electron chi connectivity index (χ4n) is 8.39. The van der Waals surface area contributed by atoms with Gasteiger partial charge in [0.2, 0.25) is 0 Å². The minimum atomic E-state index is -0.761. The van der Waals surface area contributed by atoms with E-state index in [0.29, 0.717) is 19.3 Å². The van der Waals surface area contributed by atoms with E-state index < -0.39 is 6.10 Å². The highest BCUT2D eigenvalue weighted by Crippen LogP contribution is 2.17. The maximum Gasteiger partial charge on any atom is 0.306 e. The largest absolute Gasteiger partial charge is 0.462 e. The smallest absolute Gasteiger partial charge is 0.306 e. The Morgan fingerprint density at radius 1 is 0.311 bits per heavy atom. The van der Waals surface area contributed by atoms with Gasteiger partial charge in [-0.2, -0.15) is 0 Å². The van der Waals surface area contributed by atoms with E-state index in [9.17, 15) is 14.4 Å². The highest BCUT2D eigenvalue weighted by molar-refractivity contribution is 5.71. The molecule has 0 N–H and O–H groups in total. The Hall–Kier alpha value is -1.59. The molecule has 0 fully saturated rings. The van der Waals surface area contributed by atoms with Crippen LogP contribution in [0, 0.1) is 5.92 Å². The van der Waals surface area contributed by atoms with Crippen LogP contribution < -0.4 is 0 Å². The summed E-state index contributed by atoms with van der Waals surface area (Å²) in [5.74, 6) is -0.000320. The predicted molar refractivity (Wildman–Crippen MR) is 261 cm³/mol. The molecule has 0 aromatic carbocycles. The van der Waals surface area contributed by atoms with Crippen LogP contribution in [0.25, 0.3) is 0 Å². The Labute approximate surface area is 380 Å². The van der Waals surface area contributed by atoms with Gasteiger partial charge in [-0.1, -0.05) is 272 Å². The van der Waals surface area contributed by atoms with Crippen molar-refractivity contribution in [3.63, 3.8) is 0 Å². The highest BCUT2D eigenvalue weighted by Gasteiger charge is 2.19. The van der Waals surface area contributed by atoms with E-state index in [-0.39, 0.29) is 31.1 Å². The first-order chi connectivity index (χ1) is 29.9. The molecule has 0 heterocycles. The zero-order valence-corrected chi connectivity index (χ0v) is 41.6. The van der Waals surface area contributed by atoms with Crippen LogP contribution in [0.2, 0.25) is 0 Å². The van der Waals surface area contributed by atoms with E-state index >= 15 is 0 Å². The Morgan fingerprint density at radius 2 is 0.541 bits per heavy atom. The van der Waals surface area contributed by atoms with E-state index in [2.05, 4.69) is 27.7 Å². The maximum atomic E-state index is 12.8. The molecular formula is C55H106O6. The molecule has 0 aromatic rings. The topological polar surface area (TPSA) is 78.9 Å². The molecule has 0 radical (unpaired) electrons. The minimum absolute atomic E-state index is 0.0623. The number of esters is 3. The van der Waals surface area contributed by atoms with Crippen LogP contribution in [0.5, 0.6) is 0 Å². The number of unbranched alkanes of at least 4 members (excludes halogenated alkanes) is 37. The second-order valence-corrected chi connectivity index (χ2v) is 19.3. The molecule has 0 aromatic heterocycles. The lowest BCUT2D eigenvalue weighted by atomic mass is 10.0. The van der Waals surface area contributed by atoms with Crippen molar-refractivity contribution in [2.75, 3.05) is 13.2 Å². The normalized spacial score (nSPS) is 12.0. The first-order valence-corrected chi connectivity index (χ1v) is 27.4. The molecule has 0 amide bonds. The fourth-order valence-corrected chi connectivity index (χ4v) is 8.39. The number of carbonyl (C=O) groups excluding carboxylic acids is 3. The standard InChI is InChI=1S/C55H106O6/c1-5-7-9-11-13-15-17-18-19-20-23-28-32-36-40-44-48-55(58)61-52(49-59-53(56)46-42-38-34-30-25-16-14-12-10-8-6-2)50-60-54(57)47-43-39-35-31-27-24-21-22-26-29-33-37-41-45-51(3)4/h51-52H,5-50H2,1-4H3/t52-/m1/s1. The summed E-state index contributed by atoms with van der Waals surface area (Å²) < 4.78 is 16.8.